The molecule has 1 atom stereocenters. The highest BCUT2D eigenvalue weighted by Gasteiger charge is 2.28. The minimum absolute atomic E-state index is 0.0599. The number of ether oxygens (including phenoxy) is 1. The number of likely N-dealkylation sites (N-methyl/N-ethyl adjacent to an activating group) is 1. The van der Waals surface area contributed by atoms with Crippen LogP contribution in [0.5, 0.6) is 5.75 Å². The number of carbonyl (C=O) groups excluding carboxylic acids is 1. The Morgan fingerprint density at radius 3 is 2.57 bits per heavy atom. The SMILES string of the molecule is CCN(CC(=O)N[C@@H](C)c1cccc(Br)c1)S(=O)(=O)c1cc(C)ccc1OC. The molecule has 0 saturated carbocycles. The summed E-state index contributed by atoms with van der Waals surface area (Å²) in [7, 11) is -2.46. The first-order chi connectivity index (χ1) is 13.2. The van der Waals surface area contributed by atoms with E-state index in [0.717, 1.165) is 19.9 Å². The van der Waals surface area contributed by atoms with Crippen molar-refractivity contribution in [2.24, 2.45) is 0 Å². The smallest absolute Gasteiger partial charge is 0.247 e. The van der Waals surface area contributed by atoms with E-state index < -0.39 is 10.0 Å². The van der Waals surface area contributed by atoms with Crippen molar-refractivity contribution in [1.29, 1.82) is 0 Å². The van der Waals surface area contributed by atoms with Crippen molar-refractivity contribution in [2.45, 2.75) is 31.7 Å². The summed E-state index contributed by atoms with van der Waals surface area (Å²) in [5.74, 6) is -0.114. The molecule has 0 aromatic heterocycles. The molecule has 1 N–H and O–H groups in total. The molecular weight excluding hydrogens is 444 g/mol. The molecule has 0 bridgehead atoms. The summed E-state index contributed by atoms with van der Waals surface area (Å²) < 4.78 is 33.4. The van der Waals surface area contributed by atoms with Gasteiger partial charge >= 0.3 is 0 Å². The predicted octanol–water partition coefficient (Wildman–Crippen LogP) is 3.65. The lowest BCUT2D eigenvalue weighted by Crippen LogP contribution is -2.41. The molecule has 0 spiro atoms. The molecule has 0 saturated heterocycles. The number of halogens is 1. The molecule has 2 aromatic carbocycles. The van der Waals surface area contributed by atoms with Crippen molar-refractivity contribution in [3.05, 3.63) is 58.1 Å². The van der Waals surface area contributed by atoms with Gasteiger partial charge in [0.25, 0.3) is 0 Å². The fraction of sp³-hybridized carbons (Fsp3) is 0.350. The molecule has 0 aliphatic rings. The van der Waals surface area contributed by atoms with Crippen molar-refractivity contribution >= 4 is 31.9 Å². The molecular formula is C20H25BrN2O4S. The number of hydrogen-bond donors (Lipinski definition) is 1. The third kappa shape index (κ3) is 5.33. The molecule has 8 heteroatoms. The van der Waals surface area contributed by atoms with E-state index >= 15 is 0 Å². The quantitative estimate of drug-likeness (QED) is 0.641. The van der Waals surface area contributed by atoms with Crippen molar-refractivity contribution in [1.82, 2.24) is 9.62 Å². The first-order valence-electron chi connectivity index (χ1n) is 8.88. The third-order valence-electron chi connectivity index (χ3n) is 4.34. The minimum atomic E-state index is -3.88. The Morgan fingerprint density at radius 1 is 1.25 bits per heavy atom. The first-order valence-corrected chi connectivity index (χ1v) is 11.1. The first kappa shape index (κ1) is 22.4. The molecule has 28 heavy (non-hydrogen) atoms. The van der Waals surface area contributed by atoms with E-state index in [4.69, 9.17) is 4.74 Å². The lowest BCUT2D eigenvalue weighted by atomic mass is 10.1. The van der Waals surface area contributed by atoms with Crippen LogP contribution >= 0.6 is 15.9 Å². The number of nitrogens with zero attached hydrogens (tertiary/aromatic N) is 1. The molecule has 0 aliphatic carbocycles. The van der Waals surface area contributed by atoms with Crippen molar-refractivity contribution in [3.63, 3.8) is 0 Å². The van der Waals surface area contributed by atoms with Crippen LogP contribution in [0.1, 0.15) is 31.0 Å². The Bertz CT molecular complexity index is 947. The van der Waals surface area contributed by atoms with Gasteiger partial charge in [-0.05, 0) is 49.2 Å². The van der Waals surface area contributed by atoms with Crippen LogP contribution in [0.15, 0.2) is 51.8 Å². The van der Waals surface area contributed by atoms with Crippen LogP contribution in [0.4, 0.5) is 0 Å². The van der Waals surface area contributed by atoms with Crippen LogP contribution in [0, 0.1) is 6.92 Å². The second-order valence-corrected chi connectivity index (χ2v) is 9.25. The van der Waals surface area contributed by atoms with E-state index in [1.165, 1.54) is 7.11 Å². The molecule has 0 aliphatic heterocycles. The average Bonchev–Trinajstić information content (AvgIpc) is 2.65. The summed E-state index contributed by atoms with van der Waals surface area (Å²) in [5.41, 5.74) is 1.72. The van der Waals surface area contributed by atoms with Crippen molar-refractivity contribution in [3.8, 4) is 5.75 Å². The van der Waals surface area contributed by atoms with E-state index in [2.05, 4.69) is 21.2 Å². The summed E-state index contributed by atoms with van der Waals surface area (Å²) >= 11 is 3.41. The number of methoxy groups -OCH3 is 1. The van der Waals surface area contributed by atoms with Gasteiger partial charge in [-0.25, -0.2) is 8.42 Å². The van der Waals surface area contributed by atoms with Gasteiger partial charge in [0.05, 0.1) is 19.7 Å². The molecule has 2 rings (SSSR count). The van der Waals surface area contributed by atoms with Gasteiger partial charge in [-0.2, -0.15) is 4.31 Å². The Kier molecular flexibility index (Phi) is 7.63. The van der Waals surface area contributed by atoms with Crippen molar-refractivity contribution in [2.75, 3.05) is 20.2 Å². The monoisotopic (exact) mass is 468 g/mol. The standard InChI is InChI=1S/C20H25BrN2O4S/c1-5-23(28(25,26)19-11-14(2)9-10-18(19)27-4)13-20(24)22-15(3)16-7-6-8-17(21)12-16/h6-12,15H,5,13H2,1-4H3,(H,22,24)/t15-/m0/s1. The highest BCUT2D eigenvalue weighted by molar-refractivity contribution is 9.10. The maximum Gasteiger partial charge on any atom is 0.247 e. The molecule has 1 amide bonds. The topological polar surface area (TPSA) is 75.7 Å². The number of sulfonamides is 1. The van der Waals surface area contributed by atoms with Crippen LogP contribution in [-0.4, -0.2) is 38.8 Å². The zero-order valence-corrected chi connectivity index (χ0v) is 18.8. The fourth-order valence-corrected chi connectivity index (χ4v) is 4.86. The highest BCUT2D eigenvalue weighted by atomic mass is 79.9. The zero-order valence-electron chi connectivity index (χ0n) is 16.4. The van der Waals surface area contributed by atoms with Gasteiger partial charge in [0.1, 0.15) is 10.6 Å². The maximum atomic E-state index is 13.1. The van der Waals surface area contributed by atoms with E-state index in [1.54, 1.807) is 32.0 Å². The molecule has 0 radical (unpaired) electrons. The van der Waals surface area contributed by atoms with E-state index in [1.807, 2.05) is 31.2 Å². The molecule has 2 aromatic rings. The van der Waals surface area contributed by atoms with E-state index in [0.29, 0.717) is 0 Å². The number of rotatable bonds is 8. The summed E-state index contributed by atoms with van der Waals surface area (Å²) in [5, 5.41) is 2.85. The minimum Gasteiger partial charge on any atom is -0.495 e. The zero-order chi connectivity index (χ0) is 20.9. The van der Waals surface area contributed by atoms with Gasteiger partial charge in [-0.1, -0.05) is 41.1 Å². The van der Waals surface area contributed by atoms with Crippen LogP contribution in [0.3, 0.4) is 0 Å². The van der Waals surface area contributed by atoms with Gasteiger partial charge in [-0.3, -0.25) is 4.79 Å². The molecule has 6 nitrogen and oxygen atoms in total. The summed E-state index contributed by atoms with van der Waals surface area (Å²) in [4.78, 5) is 12.6. The second-order valence-electron chi connectivity index (χ2n) is 6.43. The van der Waals surface area contributed by atoms with Gasteiger partial charge in [0.15, 0.2) is 0 Å². The number of hydrogen-bond acceptors (Lipinski definition) is 4. The molecule has 0 unspecified atom stereocenters. The van der Waals surface area contributed by atoms with E-state index in [9.17, 15) is 13.2 Å². The summed E-state index contributed by atoms with van der Waals surface area (Å²) in [6.07, 6.45) is 0. The third-order valence-corrected chi connectivity index (χ3v) is 6.77. The summed E-state index contributed by atoms with van der Waals surface area (Å²) in [6, 6.07) is 12.3. The van der Waals surface area contributed by atoms with Gasteiger partial charge in [-0.15, -0.1) is 0 Å². The largest absolute Gasteiger partial charge is 0.495 e. The Hall–Kier alpha value is -1.90. The number of carbonyl (C=O) groups is 1. The number of aryl methyl sites for hydroxylation is 1. The van der Waals surface area contributed by atoms with Gasteiger partial charge in [0, 0.05) is 11.0 Å². The Labute approximate surface area is 175 Å². The Morgan fingerprint density at radius 2 is 1.96 bits per heavy atom. The fourth-order valence-electron chi connectivity index (χ4n) is 2.80. The van der Waals surface area contributed by atoms with Crippen LogP contribution in [-0.2, 0) is 14.8 Å². The highest BCUT2D eigenvalue weighted by Crippen LogP contribution is 2.27. The van der Waals surface area contributed by atoms with Gasteiger partial charge < -0.3 is 10.1 Å². The maximum absolute atomic E-state index is 13.1. The second kappa shape index (κ2) is 9.54. The lowest BCUT2D eigenvalue weighted by Gasteiger charge is -2.23. The number of amides is 1. The average molecular weight is 469 g/mol. The molecule has 0 fully saturated rings. The van der Waals surface area contributed by atoms with E-state index in [-0.39, 0.29) is 35.7 Å². The Balaban J connectivity index is 2.18. The molecule has 0 heterocycles. The van der Waals surface area contributed by atoms with Crippen LogP contribution in [0.25, 0.3) is 0 Å². The summed E-state index contributed by atoms with van der Waals surface area (Å²) in [6.45, 7) is 5.26. The molecule has 152 valence electrons. The van der Waals surface area contributed by atoms with Gasteiger partial charge in [0.2, 0.25) is 15.9 Å². The lowest BCUT2D eigenvalue weighted by molar-refractivity contribution is -0.121. The van der Waals surface area contributed by atoms with Crippen LogP contribution in [0.2, 0.25) is 0 Å². The van der Waals surface area contributed by atoms with Crippen LogP contribution < -0.4 is 10.1 Å². The normalized spacial score (nSPS) is 12.6. The van der Waals surface area contributed by atoms with Crippen molar-refractivity contribution < 1.29 is 17.9 Å². The predicted molar refractivity (Wildman–Crippen MR) is 113 cm³/mol. The number of benzene rings is 2. The number of nitrogens with one attached hydrogen (secondary N) is 1.